The molecule has 2 aromatic heterocycles. The standard InChI is InChI=1S/C22H31N5O4S/c1-15(2)14-32(30,31)26-11-8-17(9-12-26)24-21-23-13-16-6-7-19(28)27(20(16)25-21)18-5-4-10-22(18,3)29/h6-7,13,17-18,29H,1,4-5,8-12,14H2,2-3H3,(H,23,24,25)/t18-,22-/m1/s1. The Labute approximate surface area is 188 Å². The topological polar surface area (TPSA) is 117 Å². The van der Waals surface area contributed by atoms with Crippen molar-refractivity contribution in [2.45, 2.75) is 63.6 Å². The van der Waals surface area contributed by atoms with Crippen molar-refractivity contribution in [1.82, 2.24) is 18.8 Å². The van der Waals surface area contributed by atoms with Crippen LogP contribution in [0.5, 0.6) is 0 Å². The van der Waals surface area contributed by atoms with Gasteiger partial charge in [-0.1, -0.05) is 12.2 Å². The molecule has 0 radical (unpaired) electrons. The fraction of sp³-hybridized carbons (Fsp3) is 0.591. The number of aromatic nitrogens is 3. The molecular formula is C22H31N5O4S. The van der Waals surface area contributed by atoms with Crippen LogP contribution in [0.4, 0.5) is 5.95 Å². The molecular weight excluding hydrogens is 430 g/mol. The van der Waals surface area contributed by atoms with Crippen LogP contribution in [0.3, 0.4) is 0 Å². The zero-order valence-electron chi connectivity index (χ0n) is 18.6. The van der Waals surface area contributed by atoms with Gasteiger partial charge in [-0.15, -0.1) is 0 Å². The fourth-order valence-electron chi connectivity index (χ4n) is 4.81. The molecule has 1 saturated heterocycles. The van der Waals surface area contributed by atoms with Crippen molar-refractivity contribution >= 4 is 27.0 Å². The van der Waals surface area contributed by atoms with Gasteiger partial charge in [-0.3, -0.25) is 9.36 Å². The van der Waals surface area contributed by atoms with E-state index in [1.54, 1.807) is 30.7 Å². The quantitative estimate of drug-likeness (QED) is 0.632. The number of hydrogen-bond acceptors (Lipinski definition) is 7. The van der Waals surface area contributed by atoms with Crippen molar-refractivity contribution in [2.24, 2.45) is 0 Å². The number of sulfonamides is 1. The molecule has 2 N–H and O–H groups in total. The molecule has 1 aliphatic carbocycles. The average molecular weight is 462 g/mol. The van der Waals surface area contributed by atoms with Gasteiger partial charge >= 0.3 is 0 Å². The summed E-state index contributed by atoms with van der Waals surface area (Å²) < 4.78 is 28.0. The van der Waals surface area contributed by atoms with Crippen molar-refractivity contribution in [2.75, 3.05) is 24.2 Å². The number of anilines is 1. The van der Waals surface area contributed by atoms with Crippen LogP contribution in [0.25, 0.3) is 11.0 Å². The van der Waals surface area contributed by atoms with Gasteiger partial charge in [-0.05, 0) is 52.0 Å². The maximum atomic E-state index is 12.7. The largest absolute Gasteiger partial charge is 0.388 e. The summed E-state index contributed by atoms with van der Waals surface area (Å²) in [7, 11) is -3.33. The Kier molecular flexibility index (Phi) is 6.12. The lowest BCUT2D eigenvalue weighted by molar-refractivity contribution is 0.0267. The lowest BCUT2D eigenvalue weighted by Gasteiger charge is -2.32. The third kappa shape index (κ3) is 4.57. The molecule has 2 atom stereocenters. The molecule has 0 spiro atoms. The van der Waals surface area contributed by atoms with Gasteiger partial charge in [0.15, 0.2) is 0 Å². The monoisotopic (exact) mass is 461 g/mol. The van der Waals surface area contributed by atoms with E-state index in [1.807, 2.05) is 0 Å². The third-order valence-electron chi connectivity index (χ3n) is 6.47. The van der Waals surface area contributed by atoms with Gasteiger partial charge in [0.05, 0.1) is 17.4 Å². The Balaban J connectivity index is 1.54. The Morgan fingerprint density at radius 1 is 1.31 bits per heavy atom. The highest BCUT2D eigenvalue weighted by Gasteiger charge is 2.39. The van der Waals surface area contributed by atoms with Crippen LogP contribution in [-0.2, 0) is 10.0 Å². The smallest absolute Gasteiger partial charge is 0.252 e. The first-order valence-electron chi connectivity index (χ1n) is 11.1. The predicted octanol–water partition coefficient (Wildman–Crippen LogP) is 2.05. The summed E-state index contributed by atoms with van der Waals surface area (Å²) in [4.78, 5) is 21.8. The van der Waals surface area contributed by atoms with Crippen molar-refractivity contribution in [1.29, 1.82) is 0 Å². The molecule has 2 fully saturated rings. The minimum atomic E-state index is -3.33. The van der Waals surface area contributed by atoms with Crippen LogP contribution in [0, 0.1) is 0 Å². The van der Waals surface area contributed by atoms with E-state index in [0.29, 0.717) is 49.5 Å². The first-order valence-corrected chi connectivity index (χ1v) is 12.7. The molecule has 2 aromatic rings. The number of hydrogen-bond donors (Lipinski definition) is 2. The molecule has 10 heteroatoms. The van der Waals surface area contributed by atoms with Crippen LogP contribution in [-0.4, -0.2) is 62.8 Å². The molecule has 0 unspecified atom stereocenters. The van der Waals surface area contributed by atoms with Crippen LogP contribution in [0.15, 0.2) is 35.3 Å². The maximum Gasteiger partial charge on any atom is 0.252 e. The predicted molar refractivity (Wildman–Crippen MR) is 124 cm³/mol. The molecule has 1 aliphatic heterocycles. The number of fused-ring (bicyclic) bond motifs is 1. The molecule has 0 bridgehead atoms. The van der Waals surface area contributed by atoms with Crippen molar-refractivity contribution < 1.29 is 13.5 Å². The Hall–Kier alpha value is -2.30. The van der Waals surface area contributed by atoms with Gasteiger partial charge in [0.1, 0.15) is 5.65 Å². The number of pyridine rings is 1. The highest BCUT2D eigenvalue weighted by atomic mass is 32.2. The lowest BCUT2D eigenvalue weighted by Crippen LogP contribution is -2.43. The summed E-state index contributed by atoms with van der Waals surface area (Å²) >= 11 is 0. The van der Waals surface area contributed by atoms with Gasteiger partial charge in [0.25, 0.3) is 5.56 Å². The number of nitrogens with one attached hydrogen (secondary N) is 1. The van der Waals surface area contributed by atoms with Crippen LogP contribution >= 0.6 is 0 Å². The lowest BCUT2D eigenvalue weighted by atomic mass is 10.00. The summed E-state index contributed by atoms with van der Waals surface area (Å²) in [6.07, 6.45) is 5.16. The van der Waals surface area contributed by atoms with Crippen molar-refractivity contribution in [3.63, 3.8) is 0 Å². The van der Waals surface area contributed by atoms with E-state index >= 15 is 0 Å². The number of rotatable bonds is 6. The molecule has 4 rings (SSSR count). The molecule has 0 amide bonds. The van der Waals surface area contributed by atoms with E-state index in [9.17, 15) is 18.3 Å². The SMILES string of the molecule is C=C(C)CS(=O)(=O)N1CCC(Nc2ncc3ccc(=O)n([C@@H]4CCC[C@@]4(C)O)c3n2)CC1. The van der Waals surface area contributed by atoms with E-state index in [4.69, 9.17) is 0 Å². The molecule has 3 heterocycles. The molecule has 1 saturated carbocycles. The Bertz CT molecular complexity index is 1180. The zero-order chi connectivity index (χ0) is 23.1. The van der Waals surface area contributed by atoms with Crippen LogP contribution < -0.4 is 10.9 Å². The van der Waals surface area contributed by atoms with Crippen molar-refractivity contribution in [3.05, 3.63) is 40.8 Å². The Morgan fingerprint density at radius 3 is 2.66 bits per heavy atom. The number of nitrogens with zero attached hydrogens (tertiary/aromatic N) is 4. The van der Waals surface area contributed by atoms with Crippen LogP contribution in [0.2, 0.25) is 0 Å². The van der Waals surface area contributed by atoms with E-state index in [2.05, 4.69) is 21.9 Å². The Morgan fingerprint density at radius 2 is 2.03 bits per heavy atom. The molecule has 9 nitrogen and oxygen atoms in total. The second-order valence-corrected chi connectivity index (χ2v) is 11.3. The highest BCUT2D eigenvalue weighted by molar-refractivity contribution is 7.89. The van der Waals surface area contributed by atoms with Gasteiger partial charge in [-0.2, -0.15) is 4.98 Å². The normalized spacial score (nSPS) is 25.3. The van der Waals surface area contributed by atoms with E-state index in [1.165, 1.54) is 10.4 Å². The highest BCUT2D eigenvalue weighted by Crippen LogP contribution is 2.39. The summed E-state index contributed by atoms with van der Waals surface area (Å²) in [5.74, 6) is 0.374. The second kappa shape index (κ2) is 8.57. The number of piperidine rings is 1. The first-order chi connectivity index (χ1) is 15.1. The summed E-state index contributed by atoms with van der Waals surface area (Å²) in [5, 5.41) is 14.8. The summed E-state index contributed by atoms with van der Waals surface area (Å²) in [5.41, 5.74) is -0.0187. The minimum Gasteiger partial charge on any atom is -0.388 e. The maximum absolute atomic E-state index is 12.7. The molecule has 0 aromatic carbocycles. The van der Waals surface area contributed by atoms with E-state index in [-0.39, 0.29) is 23.4 Å². The molecule has 32 heavy (non-hydrogen) atoms. The minimum absolute atomic E-state index is 0.0264. The number of aliphatic hydroxyl groups is 1. The van der Waals surface area contributed by atoms with Gasteiger partial charge in [0, 0.05) is 36.8 Å². The second-order valence-electron chi connectivity index (χ2n) is 9.31. The van der Waals surface area contributed by atoms with Crippen LogP contribution in [0.1, 0.15) is 52.0 Å². The van der Waals surface area contributed by atoms with Gasteiger partial charge in [-0.25, -0.2) is 17.7 Å². The summed E-state index contributed by atoms with van der Waals surface area (Å²) in [6, 6.07) is 2.89. The van der Waals surface area contributed by atoms with E-state index in [0.717, 1.165) is 18.2 Å². The average Bonchev–Trinajstić information content (AvgIpc) is 3.06. The van der Waals surface area contributed by atoms with Gasteiger partial charge in [0.2, 0.25) is 16.0 Å². The fourth-order valence-corrected chi connectivity index (χ4v) is 6.38. The third-order valence-corrected chi connectivity index (χ3v) is 8.48. The molecule has 2 aliphatic rings. The first kappa shape index (κ1) is 22.9. The van der Waals surface area contributed by atoms with E-state index < -0.39 is 15.6 Å². The molecule has 174 valence electrons. The van der Waals surface area contributed by atoms with Crippen molar-refractivity contribution in [3.8, 4) is 0 Å². The summed E-state index contributed by atoms with van der Waals surface area (Å²) in [6.45, 7) is 8.05. The zero-order valence-corrected chi connectivity index (χ0v) is 19.4. The van der Waals surface area contributed by atoms with Gasteiger partial charge < -0.3 is 10.4 Å².